The van der Waals surface area contributed by atoms with Gasteiger partial charge in [0.25, 0.3) is 5.56 Å². The van der Waals surface area contributed by atoms with E-state index in [-0.39, 0.29) is 12.2 Å². The smallest absolute Gasteiger partial charge is 0.255 e. The third kappa shape index (κ3) is 3.16. The van der Waals surface area contributed by atoms with Crippen molar-refractivity contribution in [1.82, 2.24) is 4.98 Å². The molecule has 0 amide bonds. The van der Waals surface area contributed by atoms with Crippen LogP contribution in [-0.2, 0) is 0 Å². The van der Waals surface area contributed by atoms with Crippen LogP contribution in [0.5, 0.6) is 0 Å². The topological polar surface area (TPSA) is 53.1 Å². The Balaban J connectivity index is 2.87. The Morgan fingerprint density at radius 2 is 2.38 bits per heavy atom. The van der Waals surface area contributed by atoms with Crippen LogP contribution in [0.25, 0.3) is 6.08 Å². The van der Waals surface area contributed by atoms with Crippen LogP contribution in [0.4, 0.5) is 0 Å². The van der Waals surface area contributed by atoms with Crippen molar-refractivity contribution in [2.45, 2.75) is 6.42 Å². The number of hydrogen-bond donors (Lipinski definition) is 2. The summed E-state index contributed by atoms with van der Waals surface area (Å²) < 4.78 is 0.829. The van der Waals surface area contributed by atoms with Crippen LogP contribution in [0.1, 0.15) is 12.0 Å². The minimum absolute atomic E-state index is 0.0996. The maximum absolute atomic E-state index is 11.2. The summed E-state index contributed by atoms with van der Waals surface area (Å²) in [6.45, 7) is 0.0996. The molecule has 1 heterocycles. The molecule has 0 aromatic carbocycles. The van der Waals surface area contributed by atoms with E-state index < -0.39 is 0 Å². The second kappa shape index (κ2) is 4.99. The molecule has 0 fully saturated rings. The van der Waals surface area contributed by atoms with Crippen molar-refractivity contribution in [2.75, 3.05) is 6.61 Å². The lowest BCUT2D eigenvalue weighted by Crippen LogP contribution is -2.07. The van der Waals surface area contributed by atoms with Gasteiger partial charge in [-0.25, -0.2) is 0 Å². The highest BCUT2D eigenvalue weighted by atomic mass is 79.9. The molecular weight excluding hydrogens is 234 g/mol. The predicted molar refractivity (Wildman–Crippen MR) is 55.5 cm³/mol. The molecule has 0 aliphatic heterocycles. The van der Waals surface area contributed by atoms with Gasteiger partial charge in [0.1, 0.15) is 0 Å². The lowest BCUT2D eigenvalue weighted by Gasteiger charge is -1.93. The number of aromatic nitrogens is 1. The zero-order chi connectivity index (χ0) is 9.68. The summed E-state index contributed by atoms with van der Waals surface area (Å²) in [6.07, 6.45) is 5.61. The Kier molecular flexibility index (Phi) is 3.92. The van der Waals surface area contributed by atoms with Gasteiger partial charge in [-0.2, -0.15) is 0 Å². The van der Waals surface area contributed by atoms with E-state index in [2.05, 4.69) is 20.9 Å². The molecule has 0 saturated carbocycles. The Bertz CT molecular complexity index is 357. The second-order valence-electron chi connectivity index (χ2n) is 2.52. The maximum Gasteiger partial charge on any atom is 0.255 e. The number of nitrogens with one attached hydrogen (secondary N) is 1. The van der Waals surface area contributed by atoms with E-state index in [0.29, 0.717) is 12.0 Å². The Hall–Kier alpha value is -0.870. The summed E-state index contributed by atoms with van der Waals surface area (Å²) >= 11 is 3.25. The predicted octanol–water partition coefficient (Wildman–Crippen LogP) is 1.53. The molecule has 0 spiro atoms. The Labute approximate surface area is 84.2 Å². The van der Waals surface area contributed by atoms with E-state index in [9.17, 15) is 4.79 Å². The largest absolute Gasteiger partial charge is 0.396 e. The monoisotopic (exact) mass is 243 g/mol. The lowest BCUT2D eigenvalue weighted by molar-refractivity contribution is 0.303. The van der Waals surface area contributed by atoms with Gasteiger partial charge in [0.15, 0.2) is 0 Å². The van der Waals surface area contributed by atoms with Crippen molar-refractivity contribution in [1.29, 1.82) is 0 Å². The SMILES string of the molecule is O=c1[nH]cc(Br)cc1C=CCCO. The molecule has 0 radical (unpaired) electrons. The fourth-order valence-electron chi connectivity index (χ4n) is 0.882. The molecule has 1 rings (SSSR count). The number of aromatic amines is 1. The zero-order valence-corrected chi connectivity index (χ0v) is 8.54. The first kappa shape index (κ1) is 10.2. The molecule has 3 nitrogen and oxygen atoms in total. The highest BCUT2D eigenvalue weighted by Gasteiger charge is 1.94. The number of rotatable bonds is 3. The van der Waals surface area contributed by atoms with Crippen molar-refractivity contribution in [3.05, 3.63) is 38.7 Å². The molecule has 0 atom stereocenters. The molecule has 0 aliphatic carbocycles. The van der Waals surface area contributed by atoms with Crippen LogP contribution in [0.2, 0.25) is 0 Å². The molecule has 2 N–H and O–H groups in total. The van der Waals surface area contributed by atoms with E-state index in [1.54, 1.807) is 24.4 Å². The van der Waals surface area contributed by atoms with Gasteiger partial charge in [-0.3, -0.25) is 4.79 Å². The summed E-state index contributed by atoms with van der Waals surface area (Å²) in [6, 6.07) is 1.73. The Morgan fingerprint density at radius 3 is 3.08 bits per heavy atom. The summed E-state index contributed by atoms with van der Waals surface area (Å²) in [7, 11) is 0. The number of H-pyrrole nitrogens is 1. The molecule has 0 aliphatic rings. The van der Waals surface area contributed by atoms with Gasteiger partial charge >= 0.3 is 0 Å². The van der Waals surface area contributed by atoms with Crippen molar-refractivity contribution < 1.29 is 5.11 Å². The van der Waals surface area contributed by atoms with Crippen molar-refractivity contribution in [3.8, 4) is 0 Å². The average molecular weight is 244 g/mol. The normalized spacial score (nSPS) is 10.9. The highest BCUT2D eigenvalue weighted by molar-refractivity contribution is 9.10. The van der Waals surface area contributed by atoms with Gasteiger partial charge in [0, 0.05) is 22.8 Å². The molecule has 4 heteroatoms. The molecule has 1 aromatic heterocycles. The zero-order valence-electron chi connectivity index (χ0n) is 6.96. The molecule has 70 valence electrons. The summed E-state index contributed by atoms with van der Waals surface area (Å²) in [4.78, 5) is 13.8. The third-order valence-corrected chi connectivity index (χ3v) is 1.95. The fourth-order valence-corrected chi connectivity index (χ4v) is 1.24. The van der Waals surface area contributed by atoms with Crippen LogP contribution in [0.3, 0.4) is 0 Å². The maximum atomic E-state index is 11.2. The lowest BCUT2D eigenvalue weighted by atomic mass is 10.2. The minimum atomic E-state index is -0.127. The number of aliphatic hydroxyl groups excluding tert-OH is 1. The van der Waals surface area contributed by atoms with Gasteiger partial charge in [-0.1, -0.05) is 12.2 Å². The van der Waals surface area contributed by atoms with Crippen LogP contribution in [0, 0.1) is 0 Å². The first-order chi connectivity index (χ1) is 6.24. The van der Waals surface area contributed by atoms with Crippen molar-refractivity contribution >= 4 is 22.0 Å². The minimum Gasteiger partial charge on any atom is -0.396 e. The number of halogens is 1. The van der Waals surface area contributed by atoms with Gasteiger partial charge in [0.05, 0.1) is 0 Å². The number of aliphatic hydroxyl groups is 1. The van der Waals surface area contributed by atoms with E-state index in [1.807, 2.05) is 0 Å². The quantitative estimate of drug-likeness (QED) is 0.847. The summed E-state index contributed by atoms with van der Waals surface area (Å²) in [5, 5.41) is 8.52. The van der Waals surface area contributed by atoms with Crippen molar-refractivity contribution in [3.63, 3.8) is 0 Å². The number of pyridine rings is 1. The van der Waals surface area contributed by atoms with E-state index in [1.165, 1.54) is 0 Å². The number of hydrogen-bond acceptors (Lipinski definition) is 2. The Morgan fingerprint density at radius 1 is 1.62 bits per heavy atom. The first-order valence-electron chi connectivity index (χ1n) is 3.89. The summed E-state index contributed by atoms with van der Waals surface area (Å²) in [5.74, 6) is 0. The van der Waals surface area contributed by atoms with Gasteiger partial charge in [0.2, 0.25) is 0 Å². The van der Waals surface area contributed by atoms with Gasteiger partial charge in [-0.05, 0) is 28.4 Å². The van der Waals surface area contributed by atoms with E-state index >= 15 is 0 Å². The van der Waals surface area contributed by atoms with E-state index in [0.717, 1.165) is 4.47 Å². The highest BCUT2D eigenvalue weighted by Crippen LogP contribution is 2.07. The van der Waals surface area contributed by atoms with Crippen LogP contribution in [0.15, 0.2) is 27.6 Å². The first-order valence-corrected chi connectivity index (χ1v) is 4.69. The molecule has 0 saturated heterocycles. The molecular formula is C9H10BrNO2. The molecule has 0 unspecified atom stereocenters. The molecule has 0 bridgehead atoms. The third-order valence-electron chi connectivity index (χ3n) is 1.49. The standard InChI is InChI=1S/C9H10BrNO2/c10-8-5-7(3-1-2-4-12)9(13)11-6-8/h1,3,5-6,12H,2,4H2,(H,11,13). The average Bonchev–Trinajstić information content (AvgIpc) is 2.11. The van der Waals surface area contributed by atoms with Gasteiger partial charge in [-0.15, -0.1) is 0 Å². The molecule has 1 aromatic rings. The second-order valence-corrected chi connectivity index (χ2v) is 3.43. The molecule has 13 heavy (non-hydrogen) atoms. The van der Waals surface area contributed by atoms with Crippen LogP contribution >= 0.6 is 15.9 Å². The van der Waals surface area contributed by atoms with Gasteiger partial charge < -0.3 is 10.1 Å². The van der Waals surface area contributed by atoms with Crippen LogP contribution < -0.4 is 5.56 Å². The van der Waals surface area contributed by atoms with Crippen molar-refractivity contribution in [2.24, 2.45) is 0 Å². The summed E-state index contributed by atoms with van der Waals surface area (Å²) in [5.41, 5.74) is 0.459. The van der Waals surface area contributed by atoms with Crippen LogP contribution in [-0.4, -0.2) is 16.7 Å². The fraction of sp³-hybridized carbons (Fsp3) is 0.222. The van der Waals surface area contributed by atoms with E-state index in [4.69, 9.17) is 5.11 Å².